The number of fused-ring (bicyclic) bond motifs is 1. The second kappa shape index (κ2) is 8.62. The molecule has 0 aliphatic carbocycles. The van der Waals surface area contributed by atoms with E-state index in [1.807, 2.05) is 64.1 Å². The van der Waals surface area contributed by atoms with Crippen LogP contribution in [0.1, 0.15) is 49.9 Å². The van der Waals surface area contributed by atoms with E-state index in [2.05, 4.69) is 9.38 Å². The van der Waals surface area contributed by atoms with Gasteiger partial charge in [0.25, 0.3) is 5.56 Å². The zero-order chi connectivity index (χ0) is 22.1. The van der Waals surface area contributed by atoms with Crippen molar-refractivity contribution in [3.8, 4) is 5.88 Å². The van der Waals surface area contributed by atoms with Gasteiger partial charge in [0.15, 0.2) is 5.65 Å². The third kappa shape index (κ3) is 4.74. The molecule has 1 atom stereocenters. The number of aryl methyl sites for hydroxylation is 1. The molecular weight excluding hydrogens is 398 g/mol. The van der Waals surface area contributed by atoms with Crippen molar-refractivity contribution in [3.05, 3.63) is 75.2 Å². The van der Waals surface area contributed by atoms with E-state index in [0.717, 1.165) is 11.1 Å². The van der Waals surface area contributed by atoms with Crippen LogP contribution in [0.25, 0.3) is 5.65 Å². The molecule has 0 aliphatic heterocycles. The molecule has 2 aromatic heterocycles. The Morgan fingerprint density at radius 2 is 1.90 bits per heavy atom. The lowest BCUT2D eigenvalue weighted by Crippen LogP contribution is -2.27. The van der Waals surface area contributed by atoms with Gasteiger partial charge in [-0.15, -0.1) is 0 Å². The first kappa shape index (κ1) is 22.1. The van der Waals surface area contributed by atoms with Crippen LogP contribution in [0.5, 0.6) is 5.88 Å². The normalized spacial score (nSPS) is 13.5. The molecule has 6 nitrogen and oxygen atoms in total. The van der Waals surface area contributed by atoms with Crippen LogP contribution in [0, 0.1) is 13.8 Å². The molecule has 0 aliphatic rings. The van der Waals surface area contributed by atoms with Crippen LogP contribution < -0.4 is 10.3 Å². The summed E-state index contributed by atoms with van der Waals surface area (Å²) in [6.45, 7) is 11.3. The Morgan fingerprint density at radius 3 is 2.53 bits per heavy atom. The fourth-order valence-electron chi connectivity index (χ4n) is 2.89. The molecule has 30 heavy (non-hydrogen) atoms. The number of benzene rings is 1. The molecule has 7 heteroatoms. The number of hydrogen-bond acceptors (Lipinski definition) is 5. The van der Waals surface area contributed by atoms with Gasteiger partial charge in [-0.05, 0) is 58.7 Å². The summed E-state index contributed by atoms with van der Waals surface area (Å²) in [7, 11) is 0. The maximum atomic E-state index is 13.0. The van der Waals surface area contributed by atoms with Crippen molar-refractivity contribution >= 4 is 22.7 Å². The Hall–Kier alpha value is -2.64. The molecule has 0 bridgehead atoms. The molecule has 2 heterocycles. The van der Waals surface area contributed by atoms with E-state index in [4.69, 9.17) is 4.74 Å². The van der Waals surface area contributed by atoms with Crippen molar-refractivity contribution in [3.63, 3.8) is 0 Å². The Balaban J connectivity index is 2.11. The maximum absolute atomic E-state index is 13.0. The molecule has 0 amide bonds. The predicted molar refractivity (Wildman–Crippen MR) is 122 cm³/mol. The smallest absolute Gasteiger partial charge is 0.264 e. The van der Waals surface area contributed by atoms with E-state index in [9.17, 15) is 9.35 Å². The monoisotopic (exact) mass is 425 g/mol. The van der Waals surface area contributed by atoms with Gasteiger partial charge in [0, 0.05) is 11.8 Å². The summed E-state index contributed by atoms with van der Waals surface area (Å²) >= 11 is -1.42. The minimum Gasteiger partial charge on any atom is -0.591 e. The molecular formula is C23H27N3O3S. The second-order valence-corrected chi connectivity index (χ2v) is 10.2. The molecule has 0 N–H and O–H groups in total. The predicted octanol–water partition coefficient (Wildman–Crippen LogP) is 4.16. The average Bonchev–Trinajstić information content (AvgIpc) is 2.69. The third-order valence-electron chi connectivity index (χ3n) is 4.59. The molecule has 0 saturated heterocycles. The lowest BCUT2D eigenvalue weighted by molar-refractivity contribution is 0.291. The number of nitrogens with zero attached hydrogens (tertiary/aromatic N) is 3. The standard InChI is InChI=1S/C23H27N3O3S/c1-15-12-19(17(3)25-30(28)23(4,5)6)20-24-21(16(2)22(27)26(20)13-15)29-14-18-10-8-7-9-11-18/h7-13H,14H2,1-6H3/t30-/m1/s1. The molecule has 158 valence electrons. The lowest BCUT2D eigenvalue weighted by Gasteiger charge is -2.19. The number of pyridine rings is 1. The largest absolute Gasteiger partial charge is 0.591 e. The zero-order valence-corrected chi connectivity index (χ0v) is 19.0. The van der Waals surface area contributed by atoms with Crippen LogP contribution in [0.3, 0.4) is 0 Å². The van der Waals surface area contributed by atoms with Gasteiger partial charge in [-0.3, -0.25) is 9.20 Å². The lowest BCUT2D eigenvalue weighted by atomic mass is 10.1. The topological polar surface area (TPSA) is 79.0 Å². The quantitative estimate of drug-likeness (QED) is 0.454. The van der Waals surface area contributed by atoms with Crippen LogP contribution in [0.2, 0.25) is 0 Å². The highest BCUT2D eigenvalue weighted by molar-refractivity contribution is 7.91. The van der Waals surface area contributed by atoms with Crippen LogP contribution >= 0.6 is 0 Å². The van der Waals surface area contributed by atoms with Crippen LogP contribution in [0.15, 0.2) is 51.8 Å². The van der Waals surface area contributed by atoms with Gasteiger partial charge in [0.2, 0.25) is 5.88 Å². The van der Waals surface area contributed by atoms with Crippen LogP contribution in [-0.2, 0) is 18.0 Å². The summed E-state index contributed by atoms with van der Waals surface area (Å²) in [6, 6.07) is 11.6. The SMILES string of the molecule is CC(=N[S@+]([O-])C(C)(C)C)c1cc(C)cn2c(=O)c(C)c(OCc3ccccc3)nc12. The van der Waals surface area contributed by atoms with Gasteiger partial charge in [0.05, 0.1) is 11.3 Å². The van der Waals surface area contributed by atoms with E-state index in [-0.39, 0.29) is 5.56 Å². The van der Waals surface area contributed by atoms with Gasteiger partial charge in [-0.2, -0.15) is 4.98 Å². The van der Waals surface area contributed by atoms with Gasteiger partial charge < -0.3 is 9.29 Å². The molecule has 0 saturated carbocycles. The van der Waals surface area contributed by atoms with Crippen molar-refractivity contribution in [2.75, 3.05) is 0 Å². The summed E-state index contributed by atoms with van der Waals surface area (Å²) in [5, 5.41) is 0. The highest BCUT2D eigenvalue weighted by Crippen LogP contribution is 2.22. The minimum atomic E-state index is -1.42. The number of aromatic nitrogens is 2. The van der Waals surface area contributed by atoms with Crippen molar-refractivity contribution in [2.24, 2.45) is 4.40 Å². The molecule has 1 aromatic carbocycles. The minimum absolute atomic E-state index is 0.197. The highest BCUT2D eigenvalue weighted by atomic mass is 32.2. The zero-order valence-electron chi connectivity index (χ0n) is 18.2. The molecule has 3 aromatic rings. The van der Waals surface area contributed by atoms with Crippen molar-refractivity contribution in [2.45, 2.75) is 52.9 Å². The Bertz CT molecular complexity index is 1150. The summed E-state index contributed by atoms with van der Waals surface area (Å²) in [4.78, 5) is 17.7. The fraction of sp³-hybridized carbons (Fsp3) is 0.348. The first-order chi connectivity index (χ1) is 14.1. The van der Waals surface area contributed by atoms with Crippen LogP contribution in [0.4, 0.5) is 0 Å². The summed E-state index contributed by atoms with van der Waals surface area (Å²) < 4.78 is 23.8. The van der Waals surface area contributed by atoms with E-state index in [1.165, 1.54) is 4.40 Å². The van der Waals surface area contributed by atoms with Gasteiger partial charge in [0.1, 0.15) is 22.7 Å². The molecule has 0 radical (unpaired) electrons. The van der Waals surface area contributed by atoms with Gasteiger partial charge >= 0.3 is 0 Å². The van der Waals surface area contributed by atoms with E-state index in [0.29, 0.717) is 35.0 Å². The number of ether oxygens (including phenoxy) is 1. The Morgan fingerprint density at radius 1 is 1.23 bits per heavy atom. The molecule has 0 fully saturated rings. The van der Waals surface area contributed by atoms with Crippen LogP contribution in [-0.4, -0.2) is 24.4 Å². The van der Waals surface area contributed by atoms with Gasteiger partial charge in [-0.25, -0.2) is 0 Å². The Labute approximate surface area is 180 Å². The van der Waals surface area contributed by atoms with E-state index >= 15 is 0 Å². The first-order valence-corrected chi connectivity index (χ1v) is 10.9. The molecule has 3 rings (SSSR count). The third-order valence-corrected chi connectivity index (χ3v) is 6.08. The van der Waals surface area contributed by atoms with Crippen molar-refractivity contribution < 1.29 is 9.29 Å². The van der Waals surface area contributed by atoms with Gasteiger partial charge in [-0.1, -0.05) is 34.7 Å². The summed E-state index contributed by atoms with van der Waals surface area (Å²) in [5.74, 6) is 0.290. The van der Waals surface area contributed by atoms with E-state index < -0.39 is 16.1 Å². The molecule has 0 unspecified atom stereocenters. The molecule has 0 spiro atoms. The maximum Gasteiger partial charge on any atom is 0.264 e. The Kier molecular flexibility index (Phi) is 6.33. The number of rotatable bonds is 5. The first-order valence-electron chi connectivity index (χ1n) is 9.76. The summed E-state index contributed by atoms with van der Waals surface area (Å²) in [6.07, 6.45) is 1.75. The van der Waals surface area contributed by atoms with Crippen molar-refractivity contribution in [1.29, 1.82) is 0 Å². The fourth-order valence-corrected chi connectivity index (χ4v) is 3.51. The summed E-state index contributed by atoms with van der Waals surface area (Å²) in [5.41, 5.74) is 3.77. The average molecular weight is 426 g/mol. The highest BCUT2D eigenvalue weighted by Gasteiger charge is 2.27. The van der Waals surface area contributed by atoms with E-state index in [1.54, 1.807) is 20.0 Å². The second-order valence-electron chi connectivity index (χ2n) is 8.28. The number of hydrogen-bond donors (Lipinski definition) is 0. The van der Waals surface area contributed by atoms with Crippen molar-refractivity contribution in [1.82, 2.24) is 9.38 Å².